The van der Waals surface area contributed by atoms with E-state index < -0.39 is 50.3 Å². The van der Waals surface area contributed by atoms with Gasteiger partial charge < -0.3 is 14.8 Å². The van der Waals surface area contributed by atoms with Crippen molar-refractivity contribution >= 4 is 39.1 Å². The van der Waals surface area contributed by atoms with Crippen LogP contribution in [0.3, 0.4) is 0 Å². The van der Waals surface area contributed by atoms with E-state index in [-0.39, 0.29) is 41.3 Å². The van der Waals surface area contributed by atoms with Crippen LogP contribution in [-0.4, -0.2) is 84.9 Å². The molecule has 0 aromatic rings. The summed E-state index contributed by atoms with van der Waals surface area (Å²) in [5.41, 5.74) is -0.928. The van der Waals surface area contributed by atoms with Gasteiger partial charge in [-0.1, -0.05) is 26.7 Å². The second-order valence-corrected chi connectivity index (χ2v) is 16.9. The molecule has 3 aliphatic carbocycles. The zero-order chi connectivity index (χ0) is 27.1. The number of carbonyl (C=O) groups is 1. The van der Waals surface area contributed by atoms with Gasteiger partial charge in [0.1, 0.15) is 11.4 Å². The first-order chi connectivity index (χ1) is 17.9. The van der Waals surface area contributed by atoms with Crippen LogP contribution in [0.2, 0.25) is 0 Å². The van der Waals surface area contributed by atoms with Crippen LogP contribution < -0.4 is 5.32 Å². The van der Waals surface area contributed by atoms with Crippen LogP contribution in [0.15, 0.2) is 0 Å². The monoisotopic (exact) mass is 594 g/mol. The molecule has 9 atom stereocenters. The number of nitrogens with one attached hydrogen (secondary N) is 1. The summed E-state index contributed by atoms with van der Waals surface area (Å²) in [7, 11) is -3.57. The highest BCUT2D eigenvalue weighted by molar-refractivity contribution is 7.90. The number of nitrogens with zero attached hydrogens (tertiary/aromatic N) is 1. The molecule has 6 unspecified atom stereocenters. The molecule has 0 aromatic heterocycles. The molecule has 6 rings (SSSR count). The van der Waals surface area contributed by atoms with E-state index in [1.807, 2.05) is 0 Å². The number of hydrogen-bond donors (Lipinski definition) is 1. The molecule has 1 spiro atoms. The maximum atomic E-state index is 15.3. The minimum Gasteiger partial charge on any atom is -0.378 e. The molecule has 216 valence electrons. The van der Waals surface area contributed by atoms with Crippen molar-refractivity contribution in [2.75, 3.05) is 26.3 Å². The van der Waals surface area contributed by atoms with Gasteiger partial charge in [-0.2, -0.15) is 4.31 Å². The van der Waals surface area contributed by atoms with Gasteiger partial charge in [-0.25, -0.2) is 12.8 Å². The lowest BCUT2D eigenvalue weighted by molar-refractivity contribution is -0.191. The molecule has 38 heavy (non-hydrogen) atoms. The summed E-state index contributed by atoms with van der Waals surface area (Å²) in [5, 5.41) is 1.73. The van der Waals surface area contributed by atoms with E-state index in [0.717, 1.165) is 32.1 Å². The Labute approximate surface area is 235 Å². The maximum absolute atomic E-state index is 15.3. The van der Waals surface area contributed by atoms with Crippen LogP contribution in [0.1, 0.15) is 71.6 Å². The highest BCUT2D eigenvalue weighted by Crippen LogP contribution is 2.59. The number of ether oxygens (including phenoxy) is 2. The zero-order valence-corrected chi connectivity index (χ0v) is 24.7. The van der Waals surface area contributed by atoms with Gasteiger partial charge in [0.05, 0.1) is 41.6 Å². The molecule has 3 heterocycles. The molecule has 3 saturated carbocycles. The number of carbonyl (C=O) groups excluding carboxylic acids is 1. The normalized spacial score (nSPS) is 45.9. The Morgan fingerprint density at radius 2 is 1.84 bits per heavy atom. The fourth-order valence-corrected chi connectivity index (χ4v) is 11.4. The summed E-state index contributed by atoms with van der Waals surface area (Å²) in [6.45, 7) is 5.74. The quantitative estimate of drug-likeness (QED) is 0.470. The Bertz CT molecular complexity index is 1050. The Morgan fingerprint density at radius 3 is 2.53 bits per heavy atom. The third-order valence-electron chi connectivity index (χ3n) is 10.5. The first kappa shape index (κ1) is 28.0. The van der Waals surface area contributed by atoms with Gasteiger partial charge in [-0.3, -0.25) is 4.79 Å². The minimum absolute atomic E-state index is 0.0517. The molecule has 1 amide bonds. The lowest BCUT2D eigenvalue weighted by Gasteiger charge is -2.48. The Hall–Kier alpha value is -0.190. The largest absolute Gasteiger partial charge is 0.378 e. The highest BCUT2D eigenvalue weighted by atomic mass is 35.5. The molecular formula is C27H41Cl2FN2O5S. The van der Waals surface area contributed by atoms with Crippen molar-refractivity contribution in [3.05, 3.63) is 0 Å². The molecule has 0 aromatic carbocycles. The first-order valence-electron chi connectivity index (χ1n) is 14.3. The average molecular weight is 596 g/mol. The van der Waals surface area contributed by atoms with Crippen LogP contribution in [0.5, 0.6) is 0 Å². The van der Waals surface area contributed by atoms with Gasteiger partial charge in [0.25, 0.3) is 0 Å². The topological polar surface area (TPSA) is 84.9 Å². The second-order valence-electron chi connectivity index (χ2n) is 13.7. The van der Waals surface area contributed by atoms with Gasteiger partial charge in [-0.15, -0.1) is 23.2 Å². The molecule has 6 aliphatic rings. The Morgan fingerprint density at radius 1 is 1.13 bits per heavy atom. The molecule has 6 fully saturated rings. The lowest BCUT2D eigenvalue weighted by Crippen LogP contribution is -2.62. The number of fused-ring (bicyclic) bond motifs is 2. The van der Waals surface area contributed by atoms with Gasteiger partial charge in [0.15, 0.2) is 0 Å². The number of rotatable bonds is 6. The van der Waals surface area contributed by atoms with Crippen molar-refractivity contribution in [3.63, 3.8) is 0 Å². The minimum atomic E-state index is -3.57. The molecule has 3 aliphatic heterocycles. The van der Waals surface area contributed by atoms with Crippen molar-refractivity contribution in [2.24, 2.45) is 22.7 Å². The van der Waals surface area contributed by atoms with Crippen molar-refractivity contribution in [2.45, 2.75) is 112 Å². The van der Waals surface area contributed by atoms with E-state index in [2.05, 4.69) is 19.2 Å². The lowest BCUT2D eigenvalue weighted by atomic mass is 9.69. The summed E-state index contributed by atoms with van der Waals surface area (Å²) in [4.78, 5) is 13.4. The van der Waals surface area contributed by atoms with Crippen molar-refractivity contribution in [3.8, 4) is 0 Å². The van der Waals surface area contributed by atoms with E-state index in [0.29, 0.717) is 38.9 Å². The molecule has 3 saturated heterocycles. The van der Waals surface area contributed by atoms with E-state index in [9.17, 15) is 13.2 Å². The fourth-order valence-electron chi connectivity index (χ4n) is 8.34. The van der Waals surface area contributed by atoms with E-state index in [1.165, 1.54) is 4.31 Å². The maximum Gasteiger partial charge on any atom is 0.226 e. The predicted octanol–water partition coefficient (Wildman–Crippen LogP) is 4.00. The Balaban J connectivity index is 1.11. The standard InChI is InChI=1S/C27H41Cl2FN2O5S/c1-25-9-17(13-36-15-25)37-27(14-25)10-20(27)38(34,35)32-11-16(12-32)24(33)31-23(26(2)7-3-4-8-26)21-19(30)6-5-18(28)22(21)29/h16-23H,3-15H2,1-2H3,(H,31,33)/t17-,18?,19?,20?,21?,22?,23-,25+,27?/m1/s1. The number of halogens is 3. The highest BCUT2D eigenvalue weighted by Gasteiger charge is 2.69. The first-order valence-corrected chi connectivity index (χ1v) is 16.7. The summed E-state index contributed by atoms with van der Waals surface area (Å²) in [6, 6.07) is -0.424. The third kappa shape index (κ3) is 4.73. The van der Waals surface area contributed by atoms with E-state index in [4.69, 9.17) is 32.7 Å². The predicted molar refractivity (Wildman–Crippen MR) is 144 cm³/mol. The van der Waals surface area contributed by atoms with Crippen LogP contribution in [0.4, 0.5) is 4.39 Å². The molecule has 7 nitrogen and oxygen atoms in total. The van der Waals surface area contributed by atoms with Crippen LogP contribution >= 0.6 is 23.2 Å². The van der Waals surface area contributed by atoms with Gasteiger partial charge in [0, 0.05) is 25.0 Å². The smallest absolute Gasteiger partial charge is 0.226 e. The molecular weight excluding hydrogens is 554 g/mol. The summed E-state index contributed by atoms with van der Waals surface area (Å²) >= 11 is 13.1. The third-order valence-corrected chi connectivity index (χ3v) is 14.1. The zero-order valence-electron chi connectivity index (χ0n) is 22.3. The SMILES string of the molecule is CC1([C@H](NC(=O)C2CN(S(=O)(=O)C3CC34C[C@@]3(C)COC[C@@H](C3)O4)C2)C2C(F)CCC(Cl)C2Cl)CCCC1. The van der Waals surface area contributed by atoms with E-state index in [1.54, 1.807) is 0 Å². The summed E-state index contributed by atoms with van der Waals surface area (Å²) in [5.74, 6) is -1.22. The van der Waals surface area contributed by atoms with Crippen molar-refractivity contribution < 1.29 is 27.1 Å². The number of hydrogen-bond acceptors (Lipinski definition) is 5. The molecule has 2 bridgehead atoms. The van der Waals surface area contributed by atoms with Gasteiger partial charge in [-0.05, 0) is 55.8 Å². The molecule has 0 radical (unpaired) electrons. The van der Waals surface area contributed by atoms with Crippen LogP contribution in [-0.2, 0) is 24.3 Å². The number of sulfonamides is 1. The van der Waals surface area contributed by atoms with E-state index >= 15 is 4.39 Å². The summed E-state index contributed by atoms with van der Waals surface area (Å²) in [6.07, 6.45) is 5.67. The average Bonchev–Trinajstić information content (AvgIpc) is 3.30. The Kier molecular flexibility index (Phi) is 7.13. The second kappa shape index (κ2) is 9.69. The van der Waals surface area contributed by atoms with Crippen LogP contribution in [0.25, 0.3) is 0 Å². The van der Waals surface area contributed by atoms with Crippen molar-refractivity contribution in [1.29, 1.82) is 0 Å². The van der Waals surface area contributed by atoms with Crippen molar-refractivity contribution in [1.82, 2.24) is 9.62 Å². The van der Waals surface area contributed by atoms with Crippen LogP contribution in [0, 0.1) is 22.7 Å². The molecule has 11 heteroatoms. The van der Waals surface area contributed by atoms with Gasteiger partial charge in [0.2, 0.25) is 15.9 Å². The number of alkyl halides is 3. The molecule has 1 N–H and O–H groups in total. The fraction of sp³-hybridized carbons (Fsp3) is 0.963. The summed E-state index contributed by atoms with van der Waals surface area (Å²) < 4.78 is 55.6. The number of amides is 1. The van der Waals surface area contributed by atoms with Gasteiger partial charge >= 0.3 is 0 Å².